The molecule has 0 unspecified atom stereocenters. The number of aromatic nitrogens is 3. The first kappa shape index (κ1) is 16.5. The summed E-state index contributed by atoms with van der Waals surface area (Å²) in [6.45, 7) is 2.28. The van der Waals surface area contributed by atoms with Crippen LogP contribution in [-0.4, -0.2) is 32.5 Å². The lowest BCUT2D eigenvalue weighted by Crippen LogP contribution is -2.35. The van der Waals surface area contributed by atoms with Crippen molar-refractivity contribution in [1.82, 2.24) is 19.9 Å². The Morgan fingerprint density at radius 2 is 2.12 bits per heavy atom. The van der Waals surface area contributed by atoms with Crippen LogP contribution in [0.15, 0.2) is 23.1 Å². The molecule has 1 saturated carbocycles. The van der Waals surface area contributed by atoms with Gasteiger partial charge >= 0.3 is 0 Å². The van der Waals surface area contributed by atoms with E-state index in [0.717, 1.165) is 49.2 Å². The van der Waals surface area contributed by atoms with Crippen molar-refractivity contribution in [3.8, 4) is 5.88 Å². The van der Waals surface area contributed by atoms with Crippen LogP contribution in [0.25, 0.3) is 0 Å². The number of pyridine rings is 1. The summed E-state index contributed by atoms with van der Waals surface area (Å²) in [5, 5.41) is 0. The first-order valence-corrected chi connectivity index (χ1v) is 9.26. The maximum absolute atomic E-state index is 12.1. The SMILES string of the molecule is O=c1[nH]c(=S)[nH]c2c1CN(Cc1ccc(OC3CCCC3)nc1)CC2. The van der Waals surface area contributed by atoms with Crippen LogP contribution in [0.2, 0.25) is 0 Å². The van der Waals surface area contributed by atoms with E-state index in [1.54, 1.807) is 0 Å². The van der Waals surface area contributed by atoms with Gasteiger partial charge in [0.25, 0.3) is 5.56 Å². The molecular weight excluding hydrogens is 336 g/mol. The monoisotopic (exact) mass is 358 g/mol. The molecule has 25 heavy (non-hydrogen) atoms. The molecule has 0 bridgehead atoms. The molecule has 3 heterocycles. The van der Waals surface area contributed by atoms with Crippen LogP contribution in [0.3, 0.4) is 0 Å². The molecule has 7 heteroatoms. The van der Waals surface area contributed by atoms with Gasteiger partial charge in [0.15, 0.2) is 4.77 Å². The summed E-state index contributed by atoms with van der Waals surface area (Å²) in [5.74, 6) is 0.712. The third kappa shape index (κ3) is 3.82. The molecule has 0 atom stereocenters. The Hall–Kier alpha value is -1.99. The van der Waals surface area contributed by atoms with E-state index in [2.05, 4.69) is 25.9 Å². The van der Waals surface area contributed by atoms with E-state index in [4.69, 9.17) is 17.0 Å². The van der Waals surface area contributed by atoms with Crippen molar-refractivity contribution in [3.63, 3.8) is 0 Å². The second kappa shape index (κ2) is 7.09. The Morgan fingerprint density at radius 1 is 1.28 bits per heavy atom. The number of aromatic amines is 2. The van der Waals surface area contributed by atoms with E-state index in [-0.39, 0.29) is 5.56 Å². The van der Waals surface area contributed by atoms with Gasteiger partial charge in [-0.05, 0) is 43.5 Å². The van der Waals surface area contributed by atoms with Crippen LogP contribution in [0, 0.1) is 4.77 Å². The quantitative estimate of drug-likeness (QED) is 0.822. The minimum atomic E-state index is -0.0816. The smallest absolute Gasteiger partial charge is 0.256 e. The highest BCUT2D eigenvalue weighted by atomic mass is 32.1. The highest BCUT2D eigenvalue weighted by molar-refractivity contribution is 7.71. The van der Waals surface area contributed by atoms with E-state index < -0.39 is 0 Å². The Kier molecular flexibility index (Phi) is 4.67. The lowest BCUT2D eigenvalue weighted by Gasteiger charge is -2.27. The predicted octanol–water partition coefficient (Wildman–Crippen LogP) is 2.71. The number of ether oxygens (including phenoxy) is 1. The molecule has 1 aliphatic carbocycles. The van der Waals surface area contributed by atoms with Gasteiger partial charge in [-0.3, -0.25) is 14.7 Å². The topological polar surface area (TPSA) is 74.0 Å². The molecule has 0 amide bonds. The normalized spacial score (nSPS) is 18.2. The third-order valence-corrected chi connectivity index (χ3v) is 5.19. The van der Waals surface area contributed by atoms with Gasteiger partial charge in [-0.2, -0.15) is 0 Å². The Labute approximate surface area is 151 Å². The number of nitrogens with zero attached hydrogens (tertiary/aromatic N) is 2. The summed E-state index contributed by atoms with van der Waals surface area (Å²) < 4.78 is 6.31. The van der Waals surface area contributed by atoms with Crippen LogP contribution < -0.4 is 10.3 Å². The number of rotatable bonds is 4. The number of H-pyrrole nitrogens is 2. The lowest BCUT2D eigenvalue weighted by atomic mass is 10.1. The van der Waals surface area contributed by atoms with Gasteiger partial charge in [-0.1, -0.05) is 6.07 Å². The molecular formula is C18H22N4O2S. The van der Waals surface area contributed by atoms with Gasteiger partial charge in [0, 0.05) is 44.0 Å². The second-order valence-corrected chi connectivity index (χ2v) is 7.26. The van der Waals surface area contributed by atoms with E-state index in [0.29, 0.717) is 23.3 Å². The Bertz CT molecular complexity index is 853. The van der Waals surface area contributed by atoms with Gasteiger partial charge in [0.05, 0.1) is 5.56 Å². The van der Waals surface area contributed by atoms with Crippen molar-refractivity contribution < 1.29 is 4.74 Å². The minimum Gasteiger partial charge on any atom is -0.474 e. The van der Waals surface area contributed by atoms with Crippen molar-refractivity contribution in [2.24, 2.45) is 0 Å². The van der Waals surface area contributed by atoms with Crippen molar-refractivity contribution in [2.75, 3.05) is 6.54 Å². The van der Waals surface area contributed by atoms with E-state index in [1.807, 2.05) is 12.3 Å². The fourth-order valence-corrected chi connectivity index (χ4v) is 3.87. The maximum Gasteiger partial charge on any atom is 0.256 e. The van der Waals surface area contributed by atoms with Crippen LogP contribution >= 0.6 is 12.2 Å². The van der Waals surface area contributed by atoms with Crippen molar-refractivity contribution in [2.45, 2.75) is 51.3 Å². The summed E-state index contributed by atoms with van der Waals surface area (Å²) in [6, 6.07) is 4.02. The maximum atomic E-state index is 12.1. The van der Waals surface area contributed by atoms with Gasteiger partial charge in [0.2, 0.25) is 5.88 Å². The average molecular weight is 358 g/mol. The minimum absolute atomic E-state index is 0.0816. The molecule has 1 fully saturated rings. The lowest BCUT2D eigenvalue weighted by molar-refractivity contribution is 0.201. The summed E-state index contributed by atoms with van der Waals surface area (Å²) in [5.41, 5.74) is 2.79. The predicted molar refractivity (Wildman–Crippen MR) is 97.2 cm³/mol. The summed E-state index contributed by atoms with van der Waals surface area (Å²) in [7, 11) is 0. The molecule has 6 nitrogen and oxygen atoms in total. The zero-order valence-corrected chi connectivity index (χ0v) is 14.9. The first-order chi connectivity index (χ1) is 12.2. The zero-order valence-electron chi connectivity index (χ0n) is 14.1. The number of hydrogen-bond acceptors (Lipinski definition) is 5. The molecule has 4 rings (SSSR count). The standard InChI is InChI=1S/C18H22N4O2S/c23-17-14-11-22(8-7-15(14)20-18(25)21-17)10-12-5-6-16(19-9-12)24-13-3-1-2-4-13/h5-6,9,13H,1-4,7-8,10-11H2,(H2,20,21,23,25). The zero-order chi connectivity index (χ0) is 17.2. The molecule has 2 N–H and O–H groups in total. The van der Waals surface area contributed by atoms with Gasteiger partial charge in [0.1, 0.15) is 6.10 Å². The Morgan fingerprint density at radius 3 is 2.88 bits per heavy atom. The highest BCUT2D eigenvalue weighted by Crippen LogP contribution is 2.23. The molecule has 0 spiro atoms. The third-order valence-electron chi connectivity index (χ3n) is 4.98. The Balaban J connectivity index is 1.40. The van der Waals surface area contributed by atoms with Crippen LogP contribution in [-0.2, 0) is 19.5 Å². The van der Waals surface area contributed by atoms with Crippen molar-refractivity contribution >= 4 is 12.2 Å². The highest BCUT2D eigenvalue weighted by Gasteiger charge is 2.20. The molecule has 0 radical (unpaired) electrons. The average Bonchev–Trinajstić information content (AvgIpc) is 3.10. The fourth-order valence-electron chi connectivity index (χ4n) is 3.66. The number of nitrogens with one attached hydrogen (secondary N) is 2. The molecule has 132 valence electrons. The number of hydrogen-bond donors (Lipinski definition) is 2. The summed E-state index contributed by atoms with van der Waals surface area (Å²) in [6.07, 6.45) is 7.78. The molecule has 0 saturated heterocycles. The van der Waals surface area contributed by atoms with Crippen molar-refractivity contribution in [3.05, 3.63) is 50.3 Å². The molecule has 2 aromatic rings. The van der Waals surface area contributed by atoms with E-state index in [1.165, 1.54) is 12.8 Å². The van der Waals surface area contributed by atoms with Crippen molar-refractivity contribution in [1.29, 1.82) is 0 Å². The van der Waals surface area contributed by atoms with Crippen LogP contribution in [0.1, 0.15) is 42.5 Å². The summed E-state index contributed by atoms with van der Waals surface area (Å²) in [4.78, 5) is 24.6. The van der Waals surface area contributed by atoms with Gasteiger partial charge in [-0.15, -0.1) is 0 Å². The van der Waals surface area contributed by atoms with Gasteiger partial charge in [-0.25, -0.2) is 4.98 Å². The second-order valence-electron chi connectivity index (χ2n) is 6.86. The fraction of sp³-hybridized carbons (Fsp3) is 0.500. The molecule has 2 aromatic heterocycles. The largest absolute Gasteiger partial charge is 0.474 e. The number of fused-ring (bicyclic) bond motifs is 1. The van der Waals surface area contributed by atoms with Crippen LogP contribution in [0.5, 0.6) is 5.88 Å². The van der Waals surface area contributed by atoms with Gasteiger partial charge < -0.3 is 9.72 Å². The molecule has 1 aliphatic heterocycles. The van der Waals surface area contributed by atoms with E-state index >= 15 is 0 Å². The van der Waals surface area contributed by atoms with Crippen LogP contribution in [0.4, 0.5) is 0 Å². The molecule has 0 aromatic carbocycles. The summed E-state index contributed by atoms with van der Waals surface area (Å²) >= 11 is 5.04. The van der Waals surface area contributed by atoms with E-state index in [9.17, 15) is 4.79 Å². The molecule has 2 aliphatic rings. The first-order valence-electron chi connectivity index (χ1n) is 8.86.